The second-order valence-electron chi connectivity index (χ2n) is 2.86. The van der Waals surface area contributed by atoms with Crippen LogP contribution in [0, 0.1) is 0 Å². The monoisotopic (exact) mass is 174 g/mol. The van der Waals surface area contributed by atoms with Gasteiger partial charge in [0.05, 0.1) is 11.0 Å². The third kappa shape index (κ3) is 0.717. The van der Waals surface area contributed by atoms with Gasteiger partial charge in [-0.25, -0.2) is 9.20 Å². The van der Waals surface area contributed by atoms with E-state index >= 15 is 0 Å². The van der Waals surface area contributed by atoms with E-state index in [1.54, 1.807) is 0 Å². The summed E-state index contributed by atoms with van der Waals surface area (Å²) in [4.78, 5) is 14.3. The molecule has 3 rings (SSSR count). The number of para-hydroxylation sites is 2. The molecular weight excluding hydrogens is 168 g/mol. The second kappa shape index (κ2) is 2.04. The summed E-state index contributed by atoms with van der Waals surface area (Å²) in [6.45, 7) is 0. The molecule has 4 heteroatoms. The number of aromatic nitrogens is 2. The Morgan fingerprint density at radius 1 is 1.31 bits per heavy atom. The van der Waals surface area contributed by atoms with Gasteiger partial charge in [0.2, 0.25) is 0 Å². The van der Waals surface area contributed by atoms with Gasteiger partial charge in [0.1, 0.15) is 6.26 Å². The van der Waals surface area contributed by atoms with Gasteiger partial charge < -0.3 is 9.40 Å². The van der Waals surface area contributed by atoms with Crippen molar-refractivity contribution in [3.8, 4) is 0 Å². The number of H-pyrrole nitrogens is 1. The van der Waals surface area contributed by atoms with E-state index in [9.17, 15) is 4.79 Å². The first kappa shape index (κ1) is 6.54. The van der Waals surface area contributed by atoms with Crippen molar-refractivity contribution in [2.75, 3.05) is 0 Å². The fourth-order valence-electron chi connectivity index (χ4n) is 1.54. The topological polar surface area (TPSA) is 50.4 Å². The van der Waals surface area contributed by atoms with Crippen LogP contribution in [0.15, 0.2) is 39.7 Å². The largest absolute Gasteiger partial charge is 0.425 e. The van der Waals surface area contributed by atoms with Gasteiger partial charge in [-0.05, 0) is 12.1 Å². The van der Waals surface area contributed by atoms with Crippen LogP contribution in [-0.4, -0.2) is 9.38 Å². The Hall–Kier alpha value is -1.97. The lowest BCUT2D eigenvalue weighted by Crippen LogP contribution is -2.03. The third-order valence-corrected chi connectivity index (χ3v) is 2.10. The Bertz CT molecular complexity index is 629. The van der Waals surface area contributed by atoms with Crippen molar-refractivity contribution in [2.24, 2.45) is 0 Å². The van der Waals surface area contributed by atoms with Crippen LogP contribution in [0.25, 0.3) is 16.7 Å². The summed E-state index contributed by atoms with van der Waals surface area (Å²) in [6.07, 6.45) is 1.42. The van der Waals surface area contributed by atoms with Gasteiger partial charge in [-0.1, -0.05) is 12.1 Å². The van der Waals surface area contributed by atoms with E-state index in [4.69, 9.17) is 4.42 Å². The molecule has 3 aromatic rings. The van der Waals surface area contributed by atoms with E-state index in [1.165, 1.54) is 10.7 Å². The molecule has 0 spiro atoms. The summed E-state index contributed by atoms with van der Waals surface area (Å²) >= 11 is 0. The number of benzene rings is 1. The van der Waals surface area contributed by atoms with Crippen molar-refractivity contribution in [1.82, 2.24) is 9.38 Å². The highest BCUT2D eigenvalue weighted by atomic mass is 16.4. The average Bonchev–Trinajstić information content (AvgIpc) is 2.66. The summed E-state index contributed by atoms with van der Waals surface area (Å²) in [7, 11) is 0. The fourth-order valence-corrected chi connectivity index (χ4v) is 1.54. The van der Waals surface area contributed by atoms with E-state index in [1.807, 2.05) is 24.3 Å². The minimum atomic E-state index is -0.354. The second-order valence-corrected chi connectivity index (χ2v) is 2.86. The molecule has 0 amide bonds. The van der Waals surface area contributed by atoms with E-state index in [0.29, 0.717) is 5.65 Å². The predicted molar refractivity (Wildman–Crippen MR) is 47.8 cm³/mol. The van der Waals surface area contributed by atoms with Crippen LogP contribution in [-0.2, 0) is 0 Å². The molecule has 0 bridgehead atoms. The number of nitrogens with one attached hydrogen (secondary N) is 1. The van der Waals surface area contributed by atoms with E-state index in [2.05, 4.69) is 4.98 Å². The Labute approximate surface area is 72.4 Å². The number of imidazole rings is 1. The van der Waals surface area contributed by atoms with Crippen LogP contribution in [0.2, 0.25) is 0 Å². The zero-order valence-electron chi connectivity index (χ0n) is 6.65. The standard InChI is InChI=1S/C9H6N2O2/c12-9-11-7-4-2-1-3-6(7)10-8(11)5-13-9/h1-5,10H. The number of oxazole rings is 1. The Morgan fingerprint density at radius 2 is 2.15 bits per heavy atom. The Balaban J connectivity index is 2.75. The molecule has 0 unspecified atom stereocenters. The van der Waals surface area contributed by atoms with E-state index in [-0.39, 0.29) is 5.76 Å². The summed E-state index contributed by atoms with van der Waals surface area (Å²) in [5.41, 5.74) is 2.47. The molecule has 0 aliphatic carbocycles. The van der Waals surface area contributed by atoms with Gasteiger partial charge in [0.25, 0.3) is 0 Å². The molecule has 13 heavy (non-hydrogen) atoms. The van der Waals surface area contributed by atoms with Crippen molar-refractivity contribution >= 4 is 16.7 Å². The number of rotatable bonds is 0. The smallest absolute Gasteiger partial charge is 0.414 e. The summed E-state index contributed by atoms with van der Waals surface area (Å²) in [5, 5.41) is 0. The summed E-state index contributed by atoms with van der Waals surface area (Å²) in [6, 6.07) is 7.59. The molecule has 0 saturated carbocycles. The van der Waals surface area contributed by atoms with Gasteiger partial charge in [-0.15, -0.1) is 0 Å². The van der Waals surface area contributed by atoms with E-state index in [0.717, 1.165) is 11.0 Å². The molecule has 0 radical (unpaired) electrons. The van der Waals surface area contributed by atoms with Crippen LogP contribution < -0.4 is 5.76 Å². The van der Waals surface area contributed by atoms with Crippen LogP contribution in [0.5, 0.6) is 0 Å². The SMILES string of the molecule is O=c1occ2[nH]c3ccccc3n12. The first-order valence-electron chi connectivity index (χ1n) is 3.93. The summed E-state index contributed by atoms with van der Waals surface area (Å²) < 4.78 is 6.25. The van der Waals surface area contributed by atoms with Crippen molar-refractivity contribution in [1.29, 1.82) is 0 Å². The van der Waals surface area contributed by atoms with Gasteiger partial charge in [0.15, 0.2) is 5.65 Å². The predicted octanol–water partition coefficient (Wildman–Crippen LogP) is 1.37. The molecule has 0 atom stereocenters. The lowest BCUT2D eigenvalue weighted by molar-refractivity contribution is 0.510. The normalized spacial score (nSPS) is 11.4. The van der Waals surface area contributed by atoms with Crippen molar-refractivity contribution < 1.29 is 4.42 Å². The quantitative estimate of drug-likeness (QED) is 0.559. The number of hydrogen-bond acceptors (Lipinski definition) is 2. The molecular formula is C9H6N2O2. The van der Waals surface area contributed by atoms with Gasteiger partial charge in [0, 0.05) is 0 Å². The minimum Gasteiger partial charge on any atom is -0.414 e. The van der Waals surface area contributed by atoms with Gasteiger partial charge in [-0.2, -0.15) is 0 Å². The molecule has 0 aliphatic rings. The van der Waals surface area contributed by atoms with Gasteiger partial charge >= 0.3 is 5.76 Å². The van der Waals surface area contributed by atoms with Crippen molar-refractivity contribution in [2.45, 2.75) is 0 Å². The maximum atomic E-state index is 11.2. The maximum Gasteiger partial charge on any atom is 0.425 e. The average molecular weight is 174 g/mol. The highest BCUT2D eigenvalue weighted by Gasteiger charge is 2.06. The minimum absolute atomic E-state index is 0.354. The number of nitrogens with zero attached hydrogens (tertiary/aromatic N) is 1. The molecule has 1 aromatic carbocycles. The first-order valence-corrected chi connectivity index (χ1v) is 3.93. The first-order chi connectivity index (χ1) is 6.36. The molecule has 2 aromatic heterocycles. The molecule has 2 heterocycles. The lowest BCUT2D eigenvalue weighted by atomic mass is 10.3. The zero-order valence-corrected chi connectivity index (χ0v) is 6.65. The number of aromatic amines is 1. The highest BCUT2D eigenvalue weighted by Crippen LogP contribution is 2.13. The Kier molecular flexibility index (Phi) is 1.02. The van der Waals surface area contributed by atoms with Gasteiger partial charge in [-0.3, -0.25) is 0 Å². The van der Waals surface area contributed by atoms with Crippen LogP contribution in [0.1, 0.15) is 0 Å². The van der Waals surface area contributed by atoms with E-state index < -0.39 is 0 Å². The fraction of sp³-hybridized carbons (Fsp3) is 0. The van der Waals surface area contributed by atoms with Crippen molar-refractivity contribution in [3.05, 3.63) is 41.1 Å². The maximum absolute atomic E-state index is 11.2. The molecule has 64 valence electrons. The van der Waals surface area contributed by atoms with Crippen molar-refractivity contribution in [3.63, 3.8) is 0 Å². The highest BCUT2D eigenvalue weighted by molar-refractivity contribution is 5.79. The van der Waals surface area contributed by atoms with Crippen LogP contribution in [0.3, 0.4) is 0 Å². The molecule has 4 nitrogen and oxygen atoms in total. The number of fused-ring (bicyclic) bond motifs is 3. The molecule has 1 N–H and O–H groups in total. The summed E-state index contributed by atoms with van der Waals surface area (Å²) in [5.74, 6) is -0.354. The van der Waals surface area contributed by atoms with Crippen LogP contribution in [0.4, 0.5) is 0 Å². The number of hydrogen-bond donors (Lipinski definition) is 1. The Morgan fingerprint density at radius 3 is 3.08 bits per heavy atom. The lowest BCUT2D eigenvalue weighted by Gasteiger charge is -1.85. The molecule has 0 aliphatic heterocycles. The third-order valence-electron chi connectivity index (χ3n) is 2.10. The molecule has 0 saturated heterocycles. The zero-order chi connectivity index (χ0) is 8.84. The van der Waals surface area contributed by atoms with Crippen LogP contribution >= 0.6 is 0 Å². The molecule has 0 fully saturated rings.